The molecule has 0 radical (unpaired) electrons. The number of nitrogens with one attached hydrogen (secondary N) is 2. The number of halogens is 1. The molecule has 1 heterocycles. The van der Waals surface area contributed by atoms with Crippen LogP contribution in [0.25, 0.3) is 0 Å². The van der Waals surface area contributed by atoms with Gasteiger partial charge in [0.1, 0.15) is 5.82 Å². The lowest BCUT2D eigenvalue weighted by Crippen LogP contribution is -2.50. The first-order valence-electron chi connectivity index (χ1n) is 9.74. The van der Waals surface area contributed by atoms with Crippen LogP contribution in [0.3, 0.4) is 0 Å². The molecule has 150 valence electrons. The van der Waals surface area contributed by atoms with Crippen LogP contribution in [0.4, 0.5) is 4.39 Å². The van der Waals surface area contributed by atoms with Crippen LogP contribution < -0.4 is 10.6 Å². The summed E-state index contributed by atoms with van der Waals surface area (Å²) < 4.78 is 39.5. The minimum atomic E-state index is -3.11. The van der Waals surface area contributed by atoms with Crippen molar-refractivity contribution in [2.75, 3.05) is 25.4 Å². The molecule has 1 aromatic rings. The molecule has 6 nitrogen and oxygen atoms in total. The van der Waals surface area contributed by atoms with Gasteiger partial charge in [0.15, 0.2) is 5.96 Å². The molecular formula is C19H29FN4O2S. The number of sulfonamides is 1. The van der Waals surface area contributed by atoms with Gasteiger partial charge in [-0.25, -0.2) is 17.1 Å². The topological polar surface area (TPSA) is 73.8 Å². The Hall–Kier alpha value is -1.67. The van der Waals surface area contributed by atoms with Gasteiger partial charge in [0, 0.05) is 37.6 Å². The summed E-state index contributed by atoms with van der Waals surface area (Å²) in [6.45, 7) is 5.37. The van der Waals surface area contributed by atoms with E-state index in [0.29, 0.717) is 19.6 Å². The molecule has 0 bridgehead atoms. The quantitative estimate of drug-likeness (QED) is 0.570. The van der Waals surface area contributed by atoms with Gasteiger partial charge in [-0.15, -0.1) is 0 Å². The van der Waals surface area contributed by atoms with Gasteiger partial charge in [-0.2, -0.15) is 0 Å². The molecule has 1 saturated heterocycles. The number of hydrogen-bond donors (Lipinski definition) is 2. The number of piperidine rings is 1. The molecule has 1 aliphatic carbocycles. The number of aliphatic imine (C=N–C) groups is 1. The summed E-state index contributed by atoms with van der Waals surface area (Å²) in [5, 5.41) is 6.84. The zero-order valence-corrected chi connectivity index (χ0v) is 16.8. The number of guanidine groups is 1. The highest BCUT2D eigenvalue weighted by atomic mass is 32.2. The molecule has 2 fully saturated rings. The standard InChI is InChI=1S/C19H29FN4O2S/c1-3-21-19(22-14-9-11-24(12-10-14)27(25,26)4-2)23-18-13-16(18)15-7-5-6-8-17(15)20/h5-8,14,16,18H,3-4,9-13H2,1-2H3,(H2,21,22,23). The van der Waals surface area contributed by atoms with Crippen LogP contribution in [0, 0.1) is 5.82 Å². The molecule has 27 heavy (non-hydrogen) atoms. The van der Waals surface area contributed by atoms with E-state index in [1.807, 2.05) is 19.1 Å². The summed E-state index contributed by atoms with van der Waals surface area (Å²) in [7, 11) is -3.11. The summed E-state index contributed by atoms with van der Waals surface area (Å²) in [5.41, 5.74) is 0.754. The number of benzene rings is 1. The molecular weight excluding hydrogens is 367 g/mol. The molecule has 2 aliphatic rings. The Morgan fingerprint density at radius 3 is 2.56 bits per heavy atom. The minimum Gasteiger partial charge on any atom is -0.354 e. The molecule has 8 heteroatoms. The van der Waals surface area contributed by atoms with Gasteiger partial charge in [-0.05, 0) is 44.7 Å². The lowest BCUT2D eigenvalue weighted by molar-refractivity contribution is 0.306. The molecule has 1 aliphatic heterocycles. The Bertz CT molecular complexity index is 776. The van der Waals surface area contributed by atoms with Crippen molar-refractivity contribution in [2.24, 2.45) is 4.99 Å². The fourth-order valence-corrected chi connectivity index (χ4v) is 4.73. The largest absolute Gasteiger partial charge is 0.354 e. The van der Waals surface area contributed by atoms with Crippen molar-refractivity contribution < 1.29 is 12.8 Å². The van der Waals surface area contributed by atoms with Crippen LogP contribution in [0.1, 0.15) is 44.6 Å². The predicted octanol–water partition coefficient (Wildman–Crippen LogP) is 2.05. The Morgan fingerprint density at radius 1 is 1.22 bits per heavy atom. The first-order valence-corrected chi connectivity index (χ1v) is 11.3. The van der Waals surface area contributed by atoms with Crippen LogP contribution >= 0.6 is 0 Å². The summed E-state index contributed by atoms with van der Waals surface area (Å²) in [6, 6.07) is 7.29. The van der Waals surface area contributed by atoms with Crippen LogP contribution in [0.2, 0.25) is 0 Å². The van der Waals surface area contributed by atoms with Crippen LogP contribution in [-0.4, -0.2) is 56.2 Å². The maximum atomic E-state index is 13.9. The van der Waals surface area contributed by atoms with Gasteiger partial charge < -0.3 is 10.6 Å². The Kier molecular flexibility index (Phi) is 6.37. The molecule has 0 aromatic heterocycles. The van der Waals surface area contributed by atoms with Gasteiger partial charge in [0.05, 0.1) is 5.75 Å². The minimum absolute atomic E-state index is 0.147. The summed E-state index contributed by atoms with van der Waals surface area (Å²) in [4.78, 5) is 4.50. The predicted molar refractivity (Wildman–Crippen MR) is 106 cm³/mol. The zero-order valence-electron chi connectivity index (χ0n) is 16.0. The van der Waals surface area contributed by atoms with Gasteiger partial charge in [-0.1, -0.05) is 18.2 Å². The Balaban J connectivity index is 1.53. The average Bonchev–Trinajstić information content (AvgIpc) is 3.41. The van der Waals surface area contributed by atoms with Crippen molar-refractivity contribution in [1.29, 1.82) is 0 Å². The van der Waals surface area contributed by atoms with Crippen LogP contribution in [-0.2, 0) is 10.0 Å². The number of nitrogens with zero attached hydrogens (tertiary/aromatic N) is 2. The summed E-state index contributed by atoms with van der Waals surface area (Å²) in [6.07, 6.45) is 2.40. The highest BCUT2D eigenvalue weighted by Gasteiger charge is 2.40. The van der Waals surface area contributed by atoms with Crippen molar-refractivity contribution in [1.82, 2.24) is 14.9 Å². The third kappa shape index (κ3) is 4.99. The van der Waals surface area contributed by atoms with Gasteiger partial charge in [-0.3, -0.25) is 4.99 Å². The number of hydrogen-bond acceptors (Lipinski definition) is 3. The van der Waals surface area contributed by atoms with Crippen molar-refractivity contribution in [2.45, 2.75) is 51.1 Å². The third-order valence-electron chi connectivity index (χ3n) is 5.29. The second kappa shape index (κ2) is 8.56. The highest BCUT2D eigenvalue weighted by Crippen LogP contribution is 2.41. The first kappa shape index (κ1) is 20.1. The van der Waals surface area contributed by atoms with E-state index < -0.39 is 10.0 Å². The van der Waals surface area contributed by atoms with E-state index in [1.165, 1.54) is 6.07 Å². The van der Waals surface area contributed by atoms with E-state index in [4.69, 9.17) is 0 Å². The fourth-order valence-electron chi connectivity index (χ4n) is 3.59. The van der Waals surface area contributed by atoms with Gasteiger partial charge >= 0.3 is 0 Å². The second-order valence-corrected chi connectivity index (χ2v) is 9.41. The first-order chi connectivity index (χ1) is 12.9. The van der Waals surface area contributed by atoms with Crippen LogP contribution in [0.5, 0.6) is 0 Å². The fraction of sp³-hybridized carbons (Fsp3) is 0.632. The van der Waals surface area contributed by atoms with E-state index in [-0.39, 0.29) is 29.6 Å². The van der Waals surface area contributed by atoms with E-state index in [2.05, 4.69) is 15.6 Å². The molecule has 0 spiro atoms. The normalized spacial score (nSPS) is 24.6. The molecule has 2 unspecified atom stereocenters. The van der Waals surface area contributed by atoms with Crippen molar-refractivity contribution in [3.8, 4) is 0 Å². The SMILES string of the molecule is CCN=C(NC1CCN(S(=O)(=O)CC)CC1)NC1CC1c1ccccc1F. The summed E-state index contributed by atoms with van der Waals surface area (Å²) in [5.74, 6) is 0.900. The van der Waals surface area contributed by atoms with Crippen molar-refractivity contribution in [3.63, 3.8) is 0 Å². The molecule has 3 rings (SSSR count). The maximum Gasteiger partial charge on any atom is 0.213 e. The van der Waals surface area contributed by atoms with E-state index in [0.717, 1.165) is 30.8 Å². The van der Waals surface area contributed by atoms with E-state index in [1.54, 1.807) is 17.3 Å². The lowest BCUT2D eigenvalue weighted by atomic mass is 10.1. The van der Waals surface area contributed by atoms with Crippen molar-refractivity contribution >= 4 is 16.0 Å². The Morgan fingerprint density at radius 2 is 1.93 bits per heavy atom. The van der Waals surface area contributed by atoms with Gasteiger partial charge in [0.2, 0.25) is 10.0 Å². The number of rotatable bonds is 6. The van der Waals surface area contributed by atoms with Crippen LogP contribution in [0.15, 0.2) is 29.3 Å². The molecule has 1 aromatic carbocycles. The third-order valence-corrected chi connectivity index (χ3v) is 7.17. The smallest absolute Gasteiger partial charge is 0.213 e. The second-order valence-electron chi connectivity index (χ2n) is 7.16. The molecule has 2 N–H and O–H groups in total. The zero-order chi connectivity index (χ0) is 19.4. The average molecular weight is 397 g/mol. The van der Waals surface area contributed by atoms with Crippen molar-refractivity contribution in [3.05, 3.63) is 35.6 Å². The monoisotopic (exact) mass is 396 g/mol. The molecule has 0 amide bonds. The Labute approximate surface area is 161 Å². The highest BCUT2D eigenvalue weighted by molar-refractivity contribution is 7.89. The lowest BCUT2D eigenvalue weighted by Gasteiger charge is -2.32. The molecule has 1 saturated carbocycles. The van der Waals surface area contributed by atoms with Gasteiger partial charge in [0.25, 0.3) is 0 Å². The van der Waals surface area contributed by atoms with E-state index >= 15 is 0 Å². The summed E-state index contributed by atoms with van der Waals surface area (Å²) >= 11 is 0. The maximum absolute atomic E-state index is 13.9. The molecule has 2 atom stereocenters. The van der Waals surface area contributed by atoms with E-state index in [9.17, 15) is 12.8 Å².